The SMILES string of the molecule is O=C(c1cccs1)N1C[C@@H](CCl)c2c1cc(OP(=O)(O)O)c1ccccc21. The number of fused-ring (bicyclic) bond motifs is 3. The zero-order valence-corrected chi connectivity index (χ0v) is 16.4. The van der Waals surface area contributed by atoms with E-state index in [2.05, 4.69) is 0 Å². The molecule has 2 heterocycles. The molecule has 0 bridgehead atoms. The van der Waals surface area contributed by atoms with E-state index < -0.39 is 7.82 Å². The highest BCUT2D eigenvalue weighted by molar-refractivity contribution is 7.46. The second-order valence-corrected chi connectivity index (χ2v) is 8.60. The van der Waals surface area contributed by atoms with Gasteiger partial charge in [-0.25, -0.2) is 4.57 Å². The number of amides is 1. The van der Waals surface area contributed by atoms with E-state index >= 15 is 0 Å². The number of anilines is 1. The van der Waals surface area contributed by atoms with Crippen LogP contribution in [0, 0.1) is 0 Å². The molecule has 0 unspecified atom stereocenters. The standard InChI is InChI=1S/C18H15ClNO5PS/c19-9-11-10-20(18(21)16-6-3-7-27-16)14-8-15(25-26(22,23)24)12-4-1-2-5-13(12)17(11)14/h1-8,11H,9-10H2,(H2,22,23,24)/t11-/m1/s1. The highest BCUT2D eigenvalue weighted by Gasteiger charge is 2.36. The Labute approximate surface area is 164 Å². The van der Waals surface area contributed by atoms with Crippen LogP contribution < -0.4 is 9.42 Å². The number of phosphoric ester groups is 1. The van der Waals surface area contributed by atoms with Crippen molar-refractivity contribution in [2.24, 2.45) is 0 Å². The predicted octanol–water partition coefficient (Wildman–Crippen LogP) is 4.36. The molecule has 0 aliphatic carbocycles. The maximum absolute atomic E-state index is 13.0. The van der Waals surface area contributed by atoms with Crippen LogP contribution >= 0.6 is 30.8 Å². The van der Waals surface area contributed by atoms with Crippen molar-refractivity contribution in [2.45, 2.75) is 5.92 Å². The summed E-state index contributed by atoms with van der Waals surface area (Å²) in [6.45, 7) is 0.402. The predicted molar refractivity (Wildman–Crippen MR) is 106 cm³/mol. The number of hydrogen-bond donors (Lipinski definition) is 2. The van der Waals surface area contributed by atoms with Gasteiger partial charge in [-0.1, -0.05) is 30.3 Å². The summed E-state index contributed by atoms with van der Waals surface area (Å²) in [5.41, 5.74) is 1.46. The van der Waals surface area contributed by atoms with Crippen LogP contribution in [-0.2, 0) is 4.57 Å². The molecule has 0 radical (unpaired) electrons. The Hall–Kier alpha value is -1.89. The fourth-order valence-corrected chi connectivity index (χ4v) is 4.80. The molecule has 1 aromatic heterocycles. The topological polar surface area (TPSA) is 87.1 Å². The fourth-order valence-electron chi connectivity index (χ4n) is 3.47. The van der Waals surface area contributed by atoms with E-state index in [0.29, 0.717) is 28.4 Å². The molecule has 1 atom stereocenters. The minimum absolute atomic E-state index is 0.0388. The van der Waals surface area contributed by atoms with Crippen molar-refractivity contribution >= 4 is 53.1 Å². The van der Waals surface area contributed by atoms with Crippen molar-refractivity contribution in [1.82, 2.24) is 0 Å². The van der Waals surface area contributed by atoms with Crippen LogP contribution in [0.25, 0.3) is 10.8 Å². The number of halogens is 1. The Balaban J connectivity index is 1.93. The molecule has 0 fully saturated rings. The number of hydrogen-bond acceptors (Lipinski definition) is 4. The first kappa shape index (κ1) is 18.5. The summed E-state index contributed by atoms with van der Waals surface area (Å²) in [6.07, 6.45) is 0. The first-order valence-electron chi connectivity index (χ1n) is 8.11. The largest absolute Gasteiger partial charge is 0.524 e. The van der Waals surface area contributed by atoms with Crippen molar-refractivity contribution < 1.29 is 23.7 Å². The van der Waals surface area contributed by atoms with Gasteiger partial charge >= 0.3 is 7.82 Å². The third-order valence-electron chi connectivity index (χ3n) is 4.51. The highest BCUT2D eigenvalue weighted by atomic mass is 35.5. The molecule has 2 aromatic carbocycles. The lowest BCUT2D eigenvalue weighted by molar-refractivity contribution is 0.0992. The Morgan fingerprint density at radius 1 is 1.26 bits per heavy atom. The fraction of sp³-hybridized carbons (Fsp3) is 0.167. The number of rotatable bonds is 4. The van der Waals surface area contributed by atoms with Gasteiger partial charge in [0.1, 0.15) is 5.75 Å². The average molecular weight is 424 g/mol. The minimum atomic E-state index is -4.76. The van der Waals surface area contributed by atoms with Gasteiger partial charge in [-0.3, -0.25) is 14.6 Å². The third-order valence-corrected chi connectivity index (χ3v) is 6.17. The number of benzene rings is 2. The van der Waals surface area contributed by atoms with Gasteiger partial charge in [0.05, 0.1) is 10.6 Å². The van der Waals surface area contributed by atoms with Gasteiger partial charge in [-0.15, -0.1) is 22.9 Å². The van der Waals surface area contributed by atoms with Gasteiger partial charge in [-0.05, 0) is 22.4 Å². The van der Waals surface area contributed by atoms with Gasteiger partial charge in [0.25, 0.3) is 5.91 Å². The summed E-state index contributed by atoms with van der Waals surface area (Å²) in [5, 5.41) is 3.16. The van der Waals surface area contributed by atoms with Gasteiger partial charge in [0, 0.05) is 29.8 Å². The van der Waals surface area contributed by atoms with E-state index in [1.54, 1.807) is 29.2 Å². The summed E-state index contributed by atoms with van der Waals surface area (Å²) in [5.74, 6) is 0.108. The average Bonchev–Trinajstić information content (AvgIpc) is 3.28. The molecular weight excluding hydrogens is 409 g/mol. The van der Waals surface area contributed by atoms with Crippen LogP contribution in [0.3, 0.4) is 0 Å². The monoisotopic (exact) mass is 423 g/mol. The van der Waals surface area contributed by atoms with Crippen molar-refractivity contribution in [2.75, 3.05) is 17.3 Å². The van der Waals surface area contributed by atoms with Crippen LogP contribution in [-0.4, -0.2) is 28.1 Å². The summed E-state index contributed by atoms with van der Waals surface area (Å²) in [7, 11) is -4.76. The van der Waals surface area contributed by atoms with E-state index in [4.69, 9.17) is 16.1 Å². The van der Waals surface area contributed by atoms with E-state index in [1.807, 2.05) is 17.5 Å². The molecule has 9 heteroatoms. The van der Waals surface area contributed by atoms with Gasteiger partial charge in [0.2, 0.25) is 0 Å². The van der Waals surface area contributed by atoms with Crippen LogP contribution in [0.2, 0.25) is 0 Å². The maximum Gasteiger partial charge on any atom is 0.524 e. The van der Waals surface area contributed by atoms with Crippen molar-refractivity contribution in [3.8, 4) is 5.75 Å². The normalized spacial score (nSPS) is 16.6. The van der Waals surface area contributed by atoms with E-state index in [9.17, 15) is 19.1 Å². The first-order valence-corrected chi connectivity index (χ1v) is 11.1. The molecule has 2 N–H and O–H groups in total. The van der Waals surface area contributed by atoms with E-state index in [1.165, 1.54) is 17.4 Å². The summed E-state index contributed by atoms with van der Waals surface area (Å²) in [4.78, 5) is 33.7. The molecule has 1 amide bonds. The molecule has 1 aliphatic rings. The summed E-state index contributed by atoms with van der Waals surface area (Å²) >= 11 is 7.53. The Kier molecular flexibility index (Phi) is 4.74. The molecule has 27 heavy (non-hydrogen) atoms. The van der Waals surface area contributed by atoms with Crippen LogP contribution in [0.1, 0.15) is 21.2 Å². The molecule has 140 valence electrons. The molecule has 1 aliphatic heterocycles. The molecule has 0 spiro atoms. The lowest BCUT2D eigenvalue weighted by Gasteiger charge is -2.19. The van der Waals surface area contributed by atoms with Gasteiger partial charge < -0.3 is 9.42 Å². The van der Waals surface area contributed by atoms with Crippen molar-refractivity contribution in [3.05, 3.63) is 58.3 Å². The number of carbonyl (C=O) groups excluding carboxylic acids is 1. The van der Waals surface area contributed by atoms with Crippen LogP contribution in [0.5, 0.6) is 5.75 Å². The zero-order chi connectivity index (χ0) is 19.2. The molecular formula is C18H15ClNO5PS. The molecule has 3 aromatic rings. The summed E-state index contributed by atoms with van der Waals surface area (Å²) in [6, 6.07) is 12.2. The lowest BCUT2D eigenvalue weighted by atomic mass is 9.95. The molecule has 0 saturated heterocycles. The number of phosphoric acid groups is 1. The highest BCUT2D eigenvalue weighted by Crippen LogP contribution is 2.49. The summed E-state index contributed by atoms with van der Waals surface area (Å²) < 4.78 is 16.4. The number of carbonyl (C=O) groups is 1. The number of nitrogens with zero attached hydrogens (tertiary/aromatic N) is 1. The Morgan fingerprint density at radius 2 is 2.00 bits per heavy atom. The third kappa shape index (κ3) is 3.37. The second kappa shape index (κ2) is 6.93. The smallest absolute Gasteiger partial charge is 0.404 e. The first-order chi connectivity index (χ1) is 12.9. The van der Waals surface area contributed by atoms with E-state index in [-0.39, 0.29) is 17.6 Å². The van der Waals surface area contributed by atoms with Gasteiger partial charge in [-0.2, -0.15) is 0 Å². The quantitative estimate of drug-likeness (QED) is 0.481. The van der Waals surface area contributed by atoms with Crippen LogP contribution in [0.4, 0.5) is 5.69 Å². The second-order valence-electron chi connectivity index (χ2n) is 6.18. The molecule has 4 rings (SSSR count). The Morgan fingerprint density at radius 3 is 2.63 bits per heavy atom. The molecule has 6 nitrogen and oxygen atoms in total. The van der Waals surface area contributed by atoms with Crippen molar-refractivity contribution in [1.29, 1.82) is 0 Å². The Bertz CT molecular complexity index is 1070. The minimum Gasteiger partial charge on any atom is -0.404 e. The van der Waals surface area contributed by atoms with Crippen molar-refractivity contribution in [3.63, 3.8) is 0 Å². The van der Waals surface area contributed by atoms with Gasteiger partial charge in [0.15, 0.2) is 0 Å². The van der Waals surface area contributed by atoms with E-state index in [0.717, 1.165) is 10.9 Å². The molecule has 0 saturated carbocycles. The van der Waals surface area contributed by atoms with Crippen LogP contribution in [0.15, 0.2) is 47.8 Å². The maximum atomic E-state index is 13.0. The number of thiophene rings is 1. The lowest BCUT2D eigenvalue weighted by Crippen LogP contribution is -2.29. The number of alkyl halides is 1. The zero-order valence-electron chi connectivity index (χ0n) is 13.9.